The minimum atomic E-state index is -1.82. The van der Waals surface area contributed by atoms with Gasteiger partial charge in [0, 0.05) is 24.3 Å². The van der Waals surface area contributed by atoms with Crippen LogP contribution in [0.4, 0.5) is 0 Å². The molecule has 0 aromatic carbocycles. The van der Waals surface area contributed by atoms with Gasteiger partial charge in [-0.3, -0.25) is 0 Å². The van der Waals surface area contributed by atoms with Gasteiger partial charge >= 0.3 is 0 Å². The highest BCUT2D eigenvalue weighted by Crippen LogP contribution is 2.55. The second-order valence-electron chi connectivity index (χ2n) is 8.39. The van der Waals surface area contributed by atoms with E-state index in [1.807, 2.05) is 6.08 Å². The average Bonchev–Trinajstić information content (AvgIpc) is 2.90. The lowest BCUT2D eigenvalue weighted by Crippen LogP contribution is -2.50. The lowest BCUT2D eigenvalue weighted by Gasteiger charge is -2.47. The first-order chi connectivity index (χ1) is 11.1. The Kier molecular flexibility index (Phi) is 6.80. The number of hydrogen-bond donors (Lipinski definition) is 0. The molecule has 1 heterocycles. The molecule has 2 fully saturated rings. The minimum absolute atomic E-state index is 0.117. The summed E-state index contributed by atoms with van der Waals surface area (Å²) in [5.74, 6) is 2.48. The van der Waals surface area contributed by atoms with Crippen LogP contribution in [-0.2, 0) is 9.16 Å². The predicted octanol–water partition coefficient (Wildman–Crippen LogP) is 5.86. The van der Waals surface area contributed by atoms with Crippen LogP contribution in [0.25, 0.3) is 0 Å². The highest BCUT2D eigenvalue weighted by atomic mass is 32.2. The van der Waals surface area contributed by atoms with Gasteiger partial charge in [-0.05, 0) is 30.1 Å². The van der Waals surface area contributed by atoms with Crippen LogP contribution in [0.1, 0.15) is 40.0 Å². The van der Waals surface area contributed by atoms with Gasteiger partial charge in [-0.1, -0.05) is 33.4 Å². The van der Waals surface area contributed by atoms with E-state index in [-0.39, 0.29) is 21.3 Å². The topological polar surface area (TPSA) is 18.5 Å². The maximum absolute atomic E-state index is 6.79. The second kappa shape index (κ2) is 7.91. The van der Waals surface area contributed by atoms with Gasteiger partial charge < -0.3 is 9.16 Å². The summed E-state index contributed by atoms with van der Waals surface area (Å²) in [4.78, 5) is 0. The van der Waals surface area contributed by atoms with Crippen LogP contribution in [0.2, 0.25) is 18.1 Å². The fourth-order valence-electron chi connectivity index (χ4n) is 2.96. The molecule has 0 radical (unpaired) electrons. The lowest BCUT2D eigenvalue weighted by atomic mass is 9.89. The monoisotopic (exact) mass is 386 g/mol. The molecule has 5 heteroatoms. The second-order valence-corrected chi connectivity index (χ2v) is 16.4. The molecule has 1 aliphatic heterocycles. The smallest absolute Gasteiger partial charge is 0.192 e. The molecule has 138 valence electrons. The Morgan fingerprint density at radius 2 is 1.79 bits per heavy atom. The van der Waals surface area contributed by atoms with Crippen LogP contribution in [0.3, 0.4) is 0 Å². The summed E-state index contributed by atoms with van der Waals surface area (Å²) in [5.41, 5.74) is 1.16. The van der Waals surface area contributed by atoms with Crippen molar-refractivity contribution < 1.29 is 9.16 Å². The van der Waals surface area contributed by atoms with Gasteiger partial charge in [0.1, 0.15) is 0 Å². The summed E-state index contributed by atoms with van der Waals surface area (Å²) >= 11 is 4.21. The fraction of sp³-hybridized carbons (Fsp3) is 0.789. The molecule has 2 rings (SSSR count). The Balaban J connectivity index is 2.15. The molecule has 24 heavy (non-hydrogen) atoms. The van der Waals surface area contributed by atoms with Gasteiger partial charge in [-0.2, -0.15) is 0 Å². The maximum atomic E-state index is 6.79. The summed E-state index contributed by atoms with van der Waals surface area (Å²) in [6, 6.07) is 0. The summed E-state index contributed by atoms with van der Waals surface area (Å²) < 4.78 is 13.2. The van der Waals surface area contributed by atoms with E-state index in [1.165, 1.54) is 11.5 Å². The van der Waals surface area contributed by atoms with Gasteiger partial charge in [0.25, 0.3) is 0 Å². The Labute approximate surface area is 158 Å². The molecule has 0 N–H and O–H groups in total. The molecular formula is C19H34O2S2Si. The minimum Gasteiger partial charge on any atom is -0.410 e. The van der Waals surface area contributed by atoms with Crippen molar-refractivity contribution in [2.45, 2.75) is 74.5 Å². The van der Waals surface area contributed by atoms with E-state index in [9.17, 15) is 0 Å². The molecule has 1 spiro atoms. The van der Waals surface area contributed by atoms with Crippen molar-refractivity contribution in [2.24, 2.45) is 0 Å². The van der Waals surface area contributed by atoms with Gasteiger partial charge in [0.15, 0.2) is 8.32 Å². The molecule has 2 atom stereocenters. The molecule has 1 aliphatic carbocycles. The first-order valence-electron chi connectivity index (χ1n) is 8.97. The van der Waals surface area contributed by atoms with Crippen LogP contribution in [-0.4, -0.2) is 42.7 Å². The SMILES string of the molecule is C=CCCO[C@@H]1CC2(C[C@@H](O[Si](C)(C)C(C)(C)C)C1=C)SCCS2. The van der Waals surface area contributed by atoms with Crippen molar-refractivity contribution in [3.8, 4) is 0 Å². The van der Waals surface area contributed by atoms with Gasteiger partial charge in [-0.25, -0.2) is 0 Å². The summed E-state index contributed by atoms with van der Waals surface area (Å²) in [7, 11) is -1.82. The third-order valence-corrected chi connectivity index (χ3v) is 13.5. The highest BCUT2D eigenvalue weighted by molar-refractivity contribution is 8.21. The maximum Gasteiger partial charge on any atom is 0.192 e. The zero-order chi connectivity index (χ0) is 18.0. The molecule has 2 nitrogen and oxygen atoms in total. The van der Waals surface area contributed by atoms with E-state index < -0.39 is 8.32 Å². The number of thioether (sulfide) groups is 2. The predicted molar refractivity (Wildman–Crippen MR) is 113 cm³/mol. The molecule has 0 unspecified atom stereocenters. The Hall–Kier alpha value is 0.317. The quantitative estimate of drug-likeness (QED) is 0.323. The van der Waals surface area contributed by atoms with Crippen molar-refractivity contribution >= 4 is 31.8 Å². The van der Waals surface area contributed by atoms with Crippen LogP contribution in [0.5, 0.6) is 0 Å². The van der Waals surface area contributed by atoms with E-state index in [0.29, 0.717) is 0 Å². The molecule has 0 amide bonds. The summed E-state index contributed by atoms with van der Waals surface area (Å²) in [6.45, 7) is 20.5. The van der Waals surface area contributed by atoms with Crippen LogP contribution in [0.15, 0.2) is 24.8 Å². The van der Waals surface area contributed by atoms with Gasteiger partial charge in [0.2, 0.25) is 0 Å². The molecule has 2 aliphatic rings. The van der Waals surface area contributed by atoms with Crippen molar-refractivity contribution in [1.82, 2.24) is 0 Å². The van der Waals surface area contributed by atoms with Crippen molar-refractivity contribution in [1.29, 1.82) is 0 Å². The molecule has 0 aromatic rings. The van der Waals surface area contributed by atoms with Crippen LogP contribution >= 0.6 is 23.5 Å². The van der Waals surface area contributed by atoms with Crippen LogP contribution < -0.4 is 0 Å². The molecular weight excluding hydrogens is 352 g/mol. The van der Waals surface area contributed by atoms with E-state index >= 15 is 0 Å². The third-order valence-electron chi connectivity index (χ3n) is 5.52. The zero-order valence-corrected chi connectivity index (χ0v) is 18.7. The fourth-order valence-corrected chi connectivity index (χ4v) is 7.58. The first kappa shape index (κ1) is 20.6. The van der Waals surface area contributed by atoms with E-state index in [4.69, 9.17) is 9.16 Å². The van der Waals surface area contributed by atoms with Gasteiger partial charge in [-0.15, -0.1) is 30.1 Å². The average molecular weight is 387 g/mol. The Morgan fingerprint density at radius 3 is 2.33 bits per heavy atom. The van der Waals surface area contributed by atoms with Crippen molar-refractivity contribution in [3.05, 3.63) is 24.8 Å². The Morgan fingerprint density at radius 1 is 1.21 bits per heavy atom. The first-order valence-corrected chi connectivity index (χ1v) is 13.9. The molecule has 0 aromatic heterocycles. The van der Waals surface area contributed by atoms with Crippen molar-refractivity contribution in [3.63, 3.8) is 0 Å². The van der Waals surface area contributed by atoms with Gasteiger partial charge in [0.05, 0.1) is 22.9 Å². The third kappa shape index (κ3) is 4.73. The largest absolute Gasteiger partial charge is 0.410 e. The van der Waals surface area contributed by atoms with E-state index in [0.717, 1.165) is 31.4 Å². The summed E-state index contributed by atoms with van der Waals surface area (Å²) in [5, 5.41) is 0.215. The number of rotatable bonds is 6. The highest BCUT2D eigenvalue weighted by Gasteiger charge is 2.49. The summed E-state index contributed by atoms with van der Waals surface area (Å²) in [6.07, 6.45) is 5.21. The molecule has 0 bridgehead atoms. The Bertz CT molecular complexity index is 464. The van der Waals surface area contributed by atoms with E-state index in [2.05, 4.69) is 70.5 Å². The van der Waals surface area contributed by atoms with E-state index in [1.54, 1.807) is 0 Å². The molecule has 1 saturated heterocycles. The lowest BCUT2D eigenvalue weighted by molar-refractivity contribution is 0.0358. The van der Waals surface area contributed by atoms with Crippen LogP contribution in [0, 0.1) is 0 Å². The number of ether oxygens (including phenoxy) is 1. The molecule has 1 saturated carbocycles. The standard InChI is InChI=1S/C19H34O2S2Si/c1-8-9-10-20-16-13-19(22-11-12-23-19)14-17(15(16)2)21-24(6,7)18(3,4)5/h8,16-17H,1-2,9-14H2,3-7H3/t16-,17-/m1/s1. The number of hydrogen-bond acceptors (Lipinski definition) is 4. The van der Waals surface area contributed by atoms with Crippen molar-refractivity contribution in [2.75, 3.05) is 18.1 Å². The normalized spacial score (nSPS) is 27.6. The zero-order valence-electron chi connectivity index (χ0n) is 16.0.